The van der Waals surface area contributed by atoms with E-state index in [0.717, 1.165) is 18.5 Å². The Bertz CT molecular complexity index is 311. The molecule has 16 heavy (non-hydrogen) atoms. The normalized spacial score (nSPS) is 26.0. The maximum atomic E-state index is 4.19. The summed E-state index contributed by atoms with van der Waals surface area (Å²) in [5.74, 6) is 6.70. The second-order valence-corrected chi connectivity index (χ2v) is 6.05. The third-order valence-corrected chi connectivity index (χ3v) is 3.03. The van der Waals surface area contributed by atoms with E-state index in [4.69, 9.17) is 0 Å². The van der Waals surface area contributed by atoms with Crippen LogP contribution < -0.4 is 5.32 Å². The first-order valence-corrected chi connectivity index (χ1v) is 6.31. The molecule has 0 aliphatic heterocycles. The Labute approximate surface area is 101 Å². The predicted octanol–water partition coefficient (Wildman–Crippen LogP) is 3.86. The van der Waals surface area contributed by atoms with Crippen molar-refractivity contribution in [3.05, 3.63) is 12.3 Å². The highest BCUT2D eigenvalue weighted by Crippen LogP contribution is 2.32. The summed E-state index contributed by atoms with van der Waals surface area (Å²) in [5, 5.41) is 3.48. The fourth-order valence-corrected chi connectivity index (χ4v) is 2.01. The van der Waals surface area contributed by atoms with Crippen LogP contribution in [0, 0.1) is 17.3 Å². The van der Waals surface area contributed by atoms with Crippen LogP contribution in [0.15, 0.2) is 12.3 Å². The minimum Gasteiger partial charge on any atom is -0.383 e. The Morgan fingerprint density at radius 3 is 2.56 bits per heavy atom. The molecule has 90 valence electrons. The zero-order chi connectivity index (χ0) is 12.2. The fourth-order valence-electron chi connectivity index (χ4n) is 2.01. The van der Waals surface area contributed by atoms with E-state index in [1.807, 2.05) is 0 Å². The van der Waals surface area contributed by atoms with Crippen molar-refractivity contribution >= 4 is 0 Å². The quantitative estimate of drug-likeness (QED) is 0.695. The van der Waals surface area contributed by atoms with Crippen molar-refractivity contribution in [3.63, 3.8) is 0 Å². The molecule has 1 N–H and O–H groups in total. The first-order valence-electron chi connectivity index (χ1n) is 6.31. The summed E-state index contributed by atoms with van der Waals surface area (Å²) < 4.78 is 0. The Morgan fingerprint density at radius 1 is 1.25 bits per heavy atom. The van der Waals surface area contributed by atoms with Gasteiger partial charge in [-0.05, 0) is 40.5 Å². The topological polar surface area (TPSA) is 12.0 Å². The van der Waals surface area contributed by atoms with Crippen molar-refractivity contribution in [2.24, 2.45) is 5.41 Å². The Balaban J connectivity index is 2.77. The van der Waals surface area contributed by atoms with Crippen LogP contribution in [-0.2, 0) is 0 Å². The lowest BCUT2D eigenvalue weighted by molar-refractivity contribution is 0.371. The Morgan fingerprint density at radius 2 is 1.94 bits per heavy atom. The molecular weight excluding hydrogens is 194 g/mol. The van der Waals surface area contributed by atoms with E-state index >= 15 is 0 Å². The minimum atomic E-state index is -0.0479. The maximum Gasteiger partial charge on any atom is 0.0675 e. The van der Waals surface area contributed by atoms with Crippen LogP contribution in [0.2, 0.25) is 0 Å². The van der Waals surface area contributed by atoms with E-state index in [0.29, 0.717) is 0 Å². The molecule has 1 rings (SSSR count). The van der Waals surface area contributed by atoms with E-state index < -0.39 is 0 Å². The summed E-state index contributed by atoms with van der Waals surface area (Å²) in [5.41, 5.74) is 1.10. The van der Waals surface area contributed by atoms with Crippen LogP contribution in [0.3, 0.4) is 0 Å². The molecule has 0 amide bonds. The van der Waals surface area contributed by atoms with Gasteiger partial charge in [-0.25, -0.2) is 0 Å². The molecule has 0 aromatic rings. The summed E-state index contributed by atoms with van der Waals surface area (Å²) in [6.07, 6.45) is 5.98. The molecule has 1 atom stereocenters. The molecule has 0 spiro atoms. The Kier molecular flexibility index (Phi) is 4.08. The van der Waals surface area contributed by atoms with Gasteiger partial charge in [-0.15, -0.1) is 5.92 Å². The van der Waals surface area contributed by atoms with Crippen LogP contribution >= 0.6 is 0 Å². The van der Waals surface area contributed by atoms with Gasteiger partial charge in [-0.2, -0.15) is 0 Å². The van der Waals surface area contributed by atoms with Crippen molar-refractivity contribution in [1.82, 2.24) is 5.32 Å². The summed E-state index contributed by atoms with van der Waals surface area (Å²) >= 11 is 0. The van der Waals surface area contributed by atoms with Gasteiger partial charge in [-0.3, -0.25) is 0 Å². The van der Waals surface area contributed by atoms with Gasteiger partial charge < -0.3 is 5.32 Å². The lowest BCUT2D eigenvalue weighted by Crippen LogP contribution is -2.40. The Hall–Kier alpha value is -0.900. The third-order valence-electron chi connectivity index (χ3n) is 3.03. The van der Waals surface area contributed by atoms with Crippen LogP contribution in [0.1, 0.15) is 59.8 Å². The molecule has 0 saturated heterocycles. The third kappa shape index (κ3) is 3.93. The van der Waals surface area contributed by atoms with Gasteiger partial charge in [0.25, 0.3) is 0 Å². The van der Waals surface area contributed by atoms with E-state index in [1.54, 1.807) is 0 Å². The van der Waals surface area contributed by atoms with Crippen LogP contribution in [-0.4, -0.2) is 5.54 Å². The second-order valence-electron chi connectivity index (χ2n) is 6.05. The van der Waals surface area contributed by atoms with Crippen molar-refractivity contribution in [3.8, 4) is 11.8 Å². The van der Waals surface area contributed by atoms with Crippen molar-refractivity contribution in [2.75, 3.05) is 0 Å². The molecule has 0 aromatic carbocycles. The van der Waals surface area contributed by atoms with E-state index in [9.17, 15) is 0 Å². The van der Waals surface area contributed by atoms with E-state index in [-0.39, 0.29) is 11.0 Å². The molecule has 1 heteroatoms. The second kappa shape index (κ2) is 4.95. The molecule has 0 radical (unpaired) electrons. The van der Waals surface area contributed by atoms with Gasteiger partial charge in [0.2, 0.25) is 0 Å². The summed E-state index contributed by atoms with van der Waals surface area (Å²) in [7, 11) is 0. The lowest BCUT2D eigenvalue weighted by atomic mass is 9.80. The highest BCUT2D eigenvalue weighted by Gasteiger charge is 2.28. The molecule has 0 fully saturated rings. The maximum absolute atomic E-state index is 4.19. The van der Waals surface area contributed by atoms with Gasteiger partial charge in [0, 0.05) is 17.7 Å². The molecular formula is C15H25N. The molecule has 0 saturated carbocycles. The largest absolute Gasteiger partial charge is 0.383 e. The summed E-state index contributed by atoms with van der Waals surface area (Å²) in [6.45, 7) is 12.9. The van der Waals surface area contributed by atoms with Crippen LogP contribution in [0.5, 0.6) is 0 Å². The number of allylic oxidation sites excluding steroid dienone is 1. The zero-order valence-corrected chi connectivity index (χ0v) is 11.2. The number of rotatable bonds is 2. The molecule has 1 aliphatic carbocycles. The highest BCUT2D eigenvalue weighted by atomic mass is 15.0. The first kappa shape index (κ1) is 13.2. The first-order chi connectivity index (χ1) is 7.33. The summed E-state index contributed by atoms with van der Waals surface area (Å²) in [4.78, 5) is 0. The van der Waals surface area contributed by atoms with Gasteiger partial charge in [-0.1, -0.05) is 25.3 Å². The average molecular weight is 219 g/mol. The van der Waals surface area contributed by atoms with Crippen LogP contribution in [0.4, 0.5) is 0 Å². The number of hydrogen-bond acceptors (Lipinski definition) is 1. The van der Waals surface area contributed by atoms with E-state index in [1.165, 1.54) is 19.3 Å². The van der Waals surface area contributed by atoms with Gasteiger partial charge in [0.15, 0.2) is 0 Å². The van der Waals surface area contributed by atoms with Crippen molar-refractivity contribution < 1.29 is 0 Å². The monoisotopic (exact) mass is 219 g/mol. The molecule has 0 aromatic heterocycles. The summed E-state index contributed by atoms with van der Waals surface area (Å²) in [6, 6.07) is 0. The SMILES string of the molecule is C=C(NC(C)(C)C)C1(C)C#CCCCCC1. The average Bonchev–Trinajstić information content (AvgIpc) is 2.08. The number of nitrogens with one attached hydrogen (secondary N) is 1. The zero-order valence-electron chi connectivity index (χ0n) is 11.2. The van der Waals surface area contributed by atoms with Gasteiger partial charge in [0.05, 0.1) is 5.41 Å². The molecule has 1 aliphatic rings. The van der Waals surface area contributed by atoms with Crippen LogP contribution in [0.25, 0.3) is 0 Å². The van der Waals surface area contributed by atoms with Crippen molar-refractivity contribution in [2.45, 2.75) is 65.3 Å². The van der Waals surface area contributed by atoms with Gasteiger partial charge in [0.1, 0.15) is 0 Å². The minimum absolute atomic E-state index is 0.0479. The highest BCUT2D eigenvalue weighted by molar-refractivity contribution is 5.25. The lowest BCUT2D eigenvalue weighted by Gasteiger charge is -2.33. The molecule has 0 heterocycles. The standard InChI is InChI=1S/C15H25N/c1-13(16-14(2,3)4)15(5)11-9-7-6-8-10-12-15/h16H,1,6-9,11H2,2-5H3. The molecule has 1 nitrogen and oxygen atoms in total. The smallest absolute Gasteiger partial charge is 0.0675 e. The fraction of sp³-hybridized carbons (Fsp3) is 0.733. The van der Waals surface area contributed by atoms with Crippen molar-refractivity contribution in [1.29, 1.82) is 0 Å². The predicted molar refractivity (Wildman–Crippen MR) is 71.0 cm³/mol. The number of hydrogen-bond donors (Lipinski definition) is 1. The van der Waals surface area contributed by atoms with E-state index in [2.05, 4.69) is 51.4 Å². The molecule has 1 unspecified atom stereocenters. The van der Waals surface area contributed by atoms with Gasteiger partial charge >= 0.3 is 0 Å². The molecule has 0 bridgehead atoms.